The van der Waals surface area contributed by atoms with Gasteiger partial charge in [0.15, 0.2) is 0 Å². The zero-order valence-corrected chi connectivity index (χ0v) is 24.5. The number of carbonyl (C=O) groups is 2. The predicted octanol–water partition coefficient (Wildman–Crippen LogP) is 8.92. The van der Waals surface area contributed by atoms with Crippen molar-refractivity contribution in [3.05, 3.63) is 29.8 Å². The molecule has 0 spiro atoms. The van der Waals surface area contributed by atoms with E-state index in [0.29, 0.717) is 38.3 Å². The first-order valence-corrected chi connectivity index (χ1v) is 16.0. The molecule has 1 N–H and O–H groups in total. The lowest BCUT2D eigenvalue weighted by Gasteiger charge is -2.26. The van der Waals surface area contributed by atoms with E-state index >= 15 is 0 Å². The minimum absolute atomic E-state index is 0.0280. The van der Waals surface area contributed by atoms with Crippen LogP contribution in [0.2, 0.25) is 0 Å². The van der Waals surface area contributed by atoms with Gasteiger partial charge in [0.1, 0.15) is 0 Å². The summed E-state index contributed by atoms with van der Waals surface area (Å²) in [7, 11) is 0. The molecule has 5 nitrogen and oxygen atoms in total. The first kappa shape index (κ1) is 32.3. The minimum Gasteiger partial charge on any atom is -0.378 e. The molecule has 38 heavy (non-hydrogen) atoms. The second-order valence-electron chi connectivity index (χ2n) is 11.1. The van der Waals surface area contributed by atoms with Gasteiger partial charge in [0, 0.05) is 30.8 Å². The van der Waals surface area contributed by atoms with E-state index in [9.17, 15) is 9.59 Å². The van der Waals surface area contributed by atoms with Crippen LogP contribution in [0.1, 0.15) is 146 Å². The van der Waals surface area contributed by atoms with Crippen LogP contribution in [-0.4, -0.2) is 43.0 Å². The van der Waals surface area contributed by atoms with Crippen molar-refractivity contribution in [1.29, 1.82) is 0 Å². The highest BCUT2D eigenvalue weighted by Crippen LogP contribution is 2.16. The van der Waals surface area contributed by atoms with E-state index < -0.39 is 0 Å². The van der Waals surface area contributed by atoms with Gasteiger partial charge >= 0.3 is 0 Å². The molecule has 0 atom stereocenters. The van der Waals surface area contributed by atoms with E-state index in [-0.39, 0.29) is 11.8 Å². The highest BCUT2D eigenvalue weighted by molar-refractivity contribution is 5.95. The van der Waals surface area contributed by atoms with Crippen molar-refractivity contribution in [1.82, 2.24) is 4.90 Å². The molecule has 5 heteroatoms. The average Bonchev–Trinajstić information content (AvgIpc) is 2.95. The predicted molar refractivity (Wildman–Crippen MR) is 160 cm³/mol. The Morgan fingerprint density at radius 2 is 1.08 bits per heavy atom. The van der Waals surface area contributed by atoms with Crippen LogP contribution in [0.3, 0.4) is 0 Å². The Hall–Kier alpha value is -1.88. The maximum atomic E-state index is 12.5. The molecule has 1 aliphatic heterocycles. The lowest BCUT2D eigenvalue weighted by molar-refractivity contribution is -0.116. The maximum absolute atomic E-state index is 12.5. The van der Waals surface area contributed by atoms with Crippen LogP contribution in [-0.2, 0) is 9.53 Å². The smallest absolute Gasteiger partial charge is 0.254 e. The Kier molecular flexibility index (Phi) is 18.7. The Bertz CT molecular complexity index is 728. The highest BCUT2D eigenvalue weighted by atomic mass is 16.5. The number of ether oxygens (including phenoxy) is 1. The van der Waals surface area contributed by atoms with Gasteiger partial charge in [-0.15, -0.1) is 0 Å². The summed E-state index contributed by atoms with van der Waals surface area (Å²) in [6.45, 7) is 4.75. The van der Waals surface area contributed by atoms with Crippen LogP contribution in [0, 0.1) is 0 Å². The van der Waals surface area contributed by atoms with Gasteiger partial charge in [0.2, 0.25) is 5.91 Å². The van der Waals surface area contributed by atoms with E-state index in [0.717, 1.165) is 18.5 Å². The molecule has 1 fully saturated rings. The molecule has 1 heterocycles. The van der Waals surface area contributed by atoms with Crippen molar-refractivity contribution in [3.8, 4) is 0 Å². The number of unbranched alkanes of at least 4 members (excludes halogenated alkanes) is 18. The zero-order chi connectivity index (χ0) is 27.1. The molecule has 0 unspecified atom stereocenters. The second kappa shape index (κ2) is 22.0. The second-order valence-corrected chi connectivity index (χ2v) is 11.1. The molecule has 1 saturated heterocycles. The molecule has 216 valence electrons. The third-order valence-corrected chi connectivity index (χ3v) is 7.72. The number of benzene rings is 1. The standard InChI is InChI=1S/C33H56N2O3/c1-2-3-4-5-6-7-8-9-10-11-12-13-14-15-16-17-18-19-20-21-32(36)34-31-24-22-30(23-25-31)33(37)35-26-28-38-29-27-35/h22-25H,2-21,26-29H2,1H3,(H,34,36). The third kappa shape index (κ3) is 15.5. The van der Waals surface area contributed by atoms with Gasteiger partial charge in [0.25, 0.3) is 5.91 Å². The van der Waals surface area contributed by atoms with Gasteiger partial charge in [-0.1, -0.05) is 122 Å². The quantitative estimate of drug-likeness (QED) is 0.153. The molecule has 2 rings (SSSR count). The van der Waals surface area contributed by atoms with Crippen molar-refractivity contribution < 1.29 is 14.3 Å². The highest BCUT2D eigenvalue weighted by Gasteiger charge is 2.18. The van der Waals surface area contributed by atoms with Crippen LogP contribution in [0.5, 0.6) is 0 Å². The van der Waals surface area contributed by atoms with Crippen molar-refractivity contribution in [2.24, 2.45) is 0 Å². The molecule has 1 aliphatic rings. The minimum atomic E-state index is 0.0280. The Morgan fingerprint density at radius 1 is 0.658 bits per heavy atom. The molecule has 1 aromatic carbocycles. The van der Waals surface area contributed by atoms with Gasteiger partial charge in [-0.25, -0.2) is 0 Å². The fourth-order valence-corrected chi connectivity index (χ4v) is 5.23. The molecular weight excluding hydrogens is 472 g/mol. The Balaban J connectivity index is 1.35. The van der Waals surface area contributed by atoms with Gasteiger partial charge in [-0.3, -0.25) is 9.59 Å². The van der Waals surface area contributed by atoms with Crippen LogP contribution < -0.4 is 5.32 Å². The largest absolute Gasteiger partial charge is 0.378 e. The van der Waals surface area contributed by atoms with E-state index in [2.05, 4.69) is 12.2 Å². The number of amides is 2. The number of morpholine rings is 1. The molecule has 0 saturated carbocycles. The van der Waals surface area contributed by atoms with E-state index in [1.54, 1.807) is 12.1 Å². The fraction of sp³-hybridized carbons (Fsp3) is 0.758. The Morgan fingerprint density at radius 3 is 1.53 bits per heavy atom. The van der Waals surface area contributed by atoms with E-state index in [4.69, 9.17) is 4.74 Å². The zero-order valence-electron chi connectivity index (χ0n) is 24.5. The van der Waals surface area contributed by atoms with Crippen molar-refractivity contribution in [3.63, 3.8) is 0 Å². The molecule has 0 aliphatic carbocycles. The van der Waals surface area contributed by atoms with Gasteiger partial charge in [0.05, 0.1) is 13.2 Å². The van der Waals surface area contributed by atoms with Crippen LogP contribution >= 0.6 is 0 Å². The van der Waals surface area contributed by atoms with Crippen molar-refractivity contribution >= 4 is 17.5 Å². The van der Waals surface area contributed by atoms with Crippen molar-refractivity contribution in [2.75, 3.05) is 31.6 Å². The molecule has 1 aromatic rings. The molecule has 0 aromatic heterocycles. The average molecular weight is 529 g/mol. The number of carbonyl (C=O) groups excluding carboxylic acids is 2. The number of rotatable bonds is 22. The molecule has 0 bridgehead atoms. The summed E-state index contributed by atoms with van der Waals surface area (Å²) in [5.74, 6) is 0.0875. The number of nitrogens with zero attached hydrogens (tertiary/aromatic N) is 1. The number of nitrogens with one attached hydrogen (secondary N) is 1. The van der Waals surface area contributed by atoms with Gasteiger partial charge < -0.3 is 15.0 Å². The van der Waals surface area contributed by atoms with Gasteiger partial charge in [-0.2, -0.15) is 0 Å². The molecular formula is C33H56N2O3. The normalized spacial score (nSPS) is 13.6. The van der Waals surface area contributed by atoms with Gasteiger partial charge in [-0.05, 0) is 30.7 Å². The summed E-state index contributed by atoms with van der Waals surface area (Å²) in [4.78, 5) is 26.6. The third-order valence-electron chi connectivity index (χ3n) is 7.72. The van der Waals surface area contributed by atoms with Crippen LogP contribution in [0.15, 0.2) is 24.3 Å². The van der Waals surface area contributed by atoms with Crippen LogP contribution in [0.4, 0.5) is 5.69 Å². The summed E-state index contributed by atoms with van der Waals surface area (Å²) < 4.78 is 5.31. The van der Waals surface area contributed by atoms with Crippen molar-refractivity contribution in [2.45, 2.75) is 135 Å². The summed E-state index contributed by atoms with van der Waals surface area (Å²) >= 11 is 0. The fourth-order valence-electron chi connectivity index (χ4n) is 5.23. The summed E-state index contributed by atoms with van der Waals surface area (Å²) in [6.07, 6.45) is 26.3. The first-order chi connectivity index (χ1) is 18.7. The van der Waals surface area contributed by atoms with Crippen LogP contribution in [0.25, 0.3) is 0 Å². The molecule has 2 amide bonds. The number of hydrogen-bond acceptors (Lipinski definition) is 3. The monoisotopic (exact) mass is 528 g/mol. The summed E-state index contributed by atoms with van der Waals surface area (Å²) in [6, 6.07) is 7.24. The lowest BCUT2D eigenvalue weighted by atomic mass is 10.0. The SMILES string of the molecule is CCCCCCCCCCCCCCCCCCCCCC(=O)Nc1ccc(C(=O)N2CCOCC2)cc1. The number of anilines is 1. The summed E-state index contributed by atoms with van der Waals surface area (Å²) in [5, 5.41) is 2.96. The topological polar surface area (TPSA) is 58.6 Å². The molecule has 0 radical (unpaired) electrons. The first-order valence-electron chi connectivity index (χ1n) is 16.0. The number of hydrogen-bond donors (Lipinski definition) is 1. The van der Waals surface area contributed by atoms with E-state index in [1.807, 2.05) is 17.0 Å². The lowest BCUT2D eigenvalue weighted by Crippen LogP contribution is -2.40. The summed E-state index contributed by atoms with van der Waals surface area (Å²) in [5.41, 5.74) is 1.41. The Labute approximate surface area is 233 Å². The van der Waals surface area contributed by atoms with E-state index in [1.165, 1.54) is 109 Å². The maximum Gasteiger partial charge on any atom is 0.254 e.